The van der Waals surface area contributed by atoms with Crippen LogP contribution in [0.3, 0.4) is 0 Å². The molecule has 4 rings (SSSR count). The van der Waals surface area contributed by atoms with Gasteiger partial charge in [0.25, 0.3) is 5.91 Å². The van der Waals surface area contributed by atoms with Crippen LogP contribution in [0.5, 0.6) is 5.75 Å². The molecule has 1 fully saturated rings. The first-order valence-corrected chi connectivity index (χ1v) is 11.0. The molecule has 0 bridgehead atoms. The molecule has 0 radical (unpaired) electrons. The summed E-state index contributed by atoms with van der Waals surface area (Å²) in [6.07, 6.45) is 0.996. The third kappa shape index (κ3) is 3.52. The smallest absolute Gasteiger partial charge is 0.273 e. The standard InChI is InChI=1S/C17H20N4O4S2/c1-25-12-2-3-15-13(8-12)19-16(20-27(15,23)24)11-4-6-21(7-5-11)17(22)14-9-26-10-18-14/h2-3,8-11,16,19-20H,4-7H2,1H3. The van der Waals surface area contributed by atoms with Gasteiger partial charge in [0.05, 0.1) is 24.5 Å². The van der Waals surface area contributed by atoms with Crippen molar-refractivity contribution in [3.8, 4) is 5.75 Å². The van der Waals surface area contributed by atoms with Gasteiger partial charge in [-0.3, -0.25) is 4.79 Å². The molecule has 1 aromatic carbocycles. The predicted molar refractivity (Wildman–Crippen MR) is 101 cm³/mol. The average Bonchev–Trinajstić information content (AvgIpc) is 3.21. The maximum atomic E-state index is 12.6. The highest BCUT2D eigenvalue weighted by Gasteiger charge is 2.36. The Hall–Kier alpha value is -2.17. The molecule has 27 heavy (non-hydrogen) atoms. The summed E-state index contributed by atoms with van der Waals surface area (Å²) in [6, 6.07) is 4.86. The van der Waals surface area contributed by atoms with Crippen molar-refractivity contribution >= 4 is 33.0 Å². The Morgan fingerprint density at radius 2 is 2.11 bits per heavy atom. The lowest BCUT2D eigenvalue weighted by Crippen LogP contribution is -2.52. The summed E-state index contributed by atoms with van der Waals surface area (Å²) in [5.41, 5.74) is 2.65. The second kappa shape index (κ2) is 7.10. The Kier molecular flexibility index (Phi) is 4.79. The van der Waals surface area contributed by atoms with E-state index in [1.165, 1.54) is 17.4 Å². The van der Waals surface area contributed by atoms with Crippen molar-refractivity contribution in [2.24, 2.45) is 5.92 Å². The molecule has 2 aliphatic rings. The lowest BCUT2D eigenvalue weighted by Gasteiger charge is -2.38. The zero-order valence-corrected chi connectivity index (χ0v) is 16.3. The molecule has 1 saturated heterocycles. The topological polar surface area (TPSA) is 101 Å². The van der Waals surface area contributed by atoms with Crippen molar-refractivity contribution in [2.75, 3.05) is 25.5 Å². The average molecular weight is 409 g/mol. The number of rotatable bonds is 3. The normalized spacial score (nSPS) is 22.0. The van der Waals surface area contributed by atoms with Crippen LogP contribution in [0, 0.1) is 5.92 Å². The van der Waals surface area contributed by atoms with Gasteiger partial charge in [0.2, 0.25) is 10.0 Å². The fourth-order valence-corrected chi connectivity index (χ4v) is 5.43. The fraction of sp³-hybridized carbons (Fsp3) is 0.412. The van der Waals surface area contributed by atoms with Gasteiger partial charge in [-0.05, 0) is 30.9 Å². The Morgan fingerprint density at radius 3 is 2.78 bits per heavy atom. The van der Waals surface area contributed by atoms with Crippen molar-refractivity contribution in [1.29, 1.82) is 0 Å². The van der Waals surface area contributed by atoms with Crippen LogP contribution in [0.15, 0.2) is 34.0 Å². The zero-order chi connectivity index (χ0) is 19.0. The quantitative estimate of drug-likeness (QED) is 0.802. The van der Waals surface area contributed by atoms with Crippen LogP contribution < -0.4 is 14.8 Å². The summed E-state index contributed by atoms with van der Waals surface area (Å²) in [5.74, 6) is 0.612. The molecule has 1 aromatic heterocycles. The van der Waals surface area contributed by atoms with Gasteiger partial charge in [-0.1, -0.05) is 0 Å². The summed E-state index contributed by atoms with van der Waals surface area (Å²) in [7, 11) is -2.04. The highest BCUT2D eigenvalue weighted by molar-refractivity contribution is 7.89. The summed E-state index contributed by atoms with van der Waals surface area (Å²) < 4.78 is 33.1. The third-order valence-electron chi connectivity index (χ3n) is 5.02. The van der Waals surface area contributed by atoms with E-state index in [2.05, 4.69) is 15.0 Å². The van der Waals surface area contributed by atoms with Crippen molar-refractivity contribution in [3.63, 3.8) is 0 Å². The van der Waals surface area contributed by atoms with Gasteiger partial charge in [-0.15, -0.1) is 11.3 Å². The number of ether oxygens (including phenoxy) is 1. The zero-order valence-electron chi connectivity index (χ0n) is 14.7. The Labute approximate surface area is 161 Å². The number of anilines is 1. The summed E-state index contributed by atoms with van der Waals surface area (Å²) in [4.78, 5) is 18.5. The number of sulfonamides is 1. The van der Waals surface area contributed by atoms with E-state index in [1.54, 1.807) is 35.0 Å². The van der Waals surface area contributed by atoms with Gasteiger partial charge in [-0.2, -0.15) is 4.72 Å². The molecule has 1 unspecified atom stereocenters. The van der Waals surface area contributed by atoms with Gasteiger partial charge >= 0.3 is 0 Å². The van der Waals surface area contributed by atoms with E-state index in [1.807, 2.05) is 0 Å². The van der Waals surface area contributed by atoms with Crippen molar-refractivity contribution < 1.29 is 17.9 Å². The summed E-state index contributed by atoms with van der Waals surface area (Å²) in [5, 5.41) is 5.03. The molecule has 0 aliphatic carbocycles. The van der Waals surface area contributed by atoms with Crippen LogP contribution >= 0.6 is 11.3 Å². The predicted octanol–water partition coefficient (Wildman–Crippen LogP) is 1.73. The number of piperidine rings is 1. The van der Waals surface area contributed by atoms with Crippen LogP contribution in [0.2, 0.25) is 0 Å². The monoisotopic (exact) mass is 408 g/mol. The number of aromatic nitrogens is 1. The Morgan fingerprint density at radius 1 is 1.33 bits per heavy atom. The molecule has 1 atom stereocenters. The largest absolute Gasteiger partial charge is 0.497 e. The van der Waals surface area contributed by atoms with Crippen LogP contribution in [-0.2, 0) is 10.0 Å². The number of carbonyl (C=O) groups is 1. The number of carbonyl (C=O) groups excluding carboxylic acids is 1. The van der Waals surface area contributed by atoms with Gasteiger partial charge < -0.3 is 15.0 Å². The number of hydrogen-bond donors (Lipinski definition) is 2. The van der Waals surface area contributed by atoms with E-state index in [-0.39, 0.29) is 16.7 Å². The summed E-state index contributed by atoms with van der Waals surface area (Å²) in [6.45, 7) is 1.15. The van der Waals surface area contributed by atoms with E-state index >= 15 is 0 Å². The van der Waals surface area contributed by atoms with Crippen LogP contribution in [-0.4, -0.2) is 50.6 Å². The Balaban J connectivity index is 1.46. The molecule has 3 heterocycles. The van der Waals surface area contributed by atoms with Crippen LogP contribution in [0.25, 0.3) is 0 Å². The molecule has 8 nitrogen and oxygen atoms in total. The van der Waals surface area contributed by atoms with Crippen molar-refractivity contribution in [2.45, 2.75) is 23.9 Å². The first-order valence-electron chi connectivity index (χ1n) is 8.62. The minimum absolute atomic E-state index is 0.0676. The number of benzene rings is 1. The molecule has 2 N–H and O–H groups in total. The van der Waals surface area contributed by atoms with E-state index in [4.69, 9.17) is 4.74 Å². The molecule has 144 valence electrons. The van der Waals surface area contributed by atoms with E-state index in [0.29, 0.717) is 43.1 Å². The van der Waals surface area contributed by atoms with Gasteiger partial charge in [-0.25, -0.2) is 13.4 Å². The van der Waals surface area contributed by atoms with Gasteiger partial charge in [0.1, 0.15) is 16.3 Å². The molecular formula is C17H20N4O4S2. The second-order valence-corrected chi connectivity index (χ2v) is 9.01. The lowest BCUT2D eigenvalue weighted by atomic mass is 9.93. The van der Waals surface area contributed by atoms with Crippen molar-refractivity contribution in [1.82, 2.24) is 14.6 Å². The van der Waals surface area contributed by atoms with Gasteiger partial charge in [0.15, 0.2) is 0 Å². The van der Waals surface area contributed by atoms with Crippen LogP contribution in [0.4, 0.5) is 5.69 Å². The lowest BCUT2D eigenvalue weighted by molar-refractivity contribution is 0.0674. The number of nitrogens with zero attached hydrogens (tertiary/aromatic N) is 2. The first kappa shape index (κ1) is 18.2. The van der Waals surface area contributed by atoms with Gasteiger partial charge in [0, 0.05) is 24.5 Å². The van der Waals surface area contributed by atoms with E-state index in [9.17, 15) is 13.2 Å². The number of likely N-dealkylation sites (tertiary alicyclic amines) is 1. The maximum Gasteiger partial charge on any atom is 0.273 e. The number of thiazole rings is 1. The summed E-state index contributed by atoms with van der Waals surface area (Å²) >= 11 is 1.40. The second-order valence-electron chi connectivity index (χ2n) is 6.61. The molecule has 2 aliphatic heterocycles. The number of amides is 1. The number of methoxy groups -OCH3 is 1. The first-order chi connectivity index (χ1) is 13.0. The third-order valence-corrected chi connectivity index (χ3v) is 7.10. The van der Waals surface area contributed by atoms with E-state index in [0.717, 1.165) is 0 Å². The van der Waals surface area contributed by atoms with Crippen molar-refractivity contribution in [3.05, 3.63) is 34.8 Å². The Bertz CT molecular complexity index is 938. The molecule has 1 amide bonds. The SMILES string of the molecule is COc1ccc2c(c1)NC(C1CCN(C(=O)c3cscn3)CC1)NS2(=O)=O. The fourth-order valence-electron chi connectivity index (χ4n) is 3.54. The van der Waals surface area contributed by atoms with E-state index < -0.39 is 16.2 Å². The minimum atomic E-state index is -3.59. The maximum absolute atomic E-state index is 12.6. The molecular weight excluding hydrogens is 388 g/mol. The van der Waals surface area contributed by atoms with Crippen LogP contribution in [0.1, 0.15) is 23.3 Å². The highest BCUT2D eigenvalue weighted by Crippen LogP contribution is 2.33. The highest BCUT2D eigenvalue weighted by atomic mass is 32.2. The number of hydrogen-bond acceptors (Lipinski definition) is 7. The molecule has 10 heteroatoms. The molecule has 0 spiro atoms. The minimum Gasteiger partial charge on any atom is -0.497 e. The number of nitrogens with one attached hydrogen (secondary N) is 2. The molecule has 0 saturated carbocycles. The number of fused-ring (bicyclic) bond motifs is 1. The molecule has 2 aromatic rings.